The van der Waals surface area contributed by atoms with E-state index >= 15 is 0 Å². The predicted octanol–water partition coefficient (Wildman–Crippen LogP) is 4.55. The van der Waals surface area contributed by atoms with Gasteiger partial charge in [0.2, 0.25) is 0 Å². The van der Waals surface area contributed by atoms with Crippen LogP contribution in [-0.2, 0) is 6.54 Å². The van der Waals surface area contributed by atoms with Gasteiger partial charge < -0.3 is 14.4 Å². The smallest absolute Gasteiger partial charge is 0.258 e. The van der Waals surface area contributed by atoms with Crippen LogP contribution in [0, 0.1) is 11.3 Å². The van der Waals surface area contributed by atoms with Gasteiger partial charge in [-0.05, 0) is 53.9 Å². The fraction of sp³-hybridized carbons (Fsp3) is 0.208. The lowest BCUT2D eigenvalue weighted by Crippen LogP contribution is -2.23. The minimum Gasteiger partial charge on any atom is -0.491 e. The maximum absolute atomic E-state index is 13.0. The summed E-state index contributed by atoms with van der Waals surface area (Å²) in [6.45, 7) is 2.33. The van der Waals surface area contributed by atoms with Crippen LogP contribution in [0.4, 0.5) is 5.69 Å². The SMILES string of the molecule is COc1cc(-c2ccc3c(c2)CN(c2cccc(C(C)C#N)c2)C3=O)cnc1OC. The van der Waals surface area contributed by atoms with Crippen LogP contribution in [-0.4, -0.2) is 25.1 Å². The molecule has 0 spiro atoms. The van der Waals surface area contributed by atoms with Crippen LogP contribution in [0.25, 0.3) is 11.1 Å². The highest BCUT2D eigenvalue weighted by Gasteiger charge is 2.29. The van der Waals surface area contributed by atoms with Crippen molar-refractivity contribution in [1.82, 2.24) is 4.98 Å². The van der Waals surface area contributed by atoms with Gasteiger partial charge in [0.25, 0.3) is 11.8 Å². The van der Waals surface area contributed by atoms with Crippen LogP contribution in [0.5, 0.6) is 11.6 Å². The van der Waals surface area contributed by atoms with E-state index in [0.717, 1.165) is 27.9 Å². The van der Waals surface area contributed by atoms with Crippen molar-refractivity contribution in [2.45, 2.75) is 19.4 Å². The van der Waals surface area contributed by atoms with E-state index in [-0.39, 0.29) is 11.8 Å². The van der Waals surface area contributed by atoms with Gasteiger partial charge in [-0.2, -0.15) is 5.26 Å². The van der Waals surface area contributed by atoms with Crippen molar-refractivity contribution in [2.24, 2.45) is 0 Å². The van der Waals surface area contributed by atoms with E-state index in [1.54, 1.807) is 25.3 Å². The quantitative estimate of drug-likeness (QED) is 0.629. The Morgan fingerprint density at radius 2 is 1.93 bits per heavy atom. The number of amides is 1. The monoisotopic (exact) mass is 399 g/mol. The molecule has 30 heavy (non-hydrogen) atoms. The van der Waals surface area contributed by atoms with Crippen LogP contribution in [0.15, 0.2) is 54.7 Å². The Labute approximate surface area is 175 Å². The number of nitriles is 1. The summed E-state index contributed by atoms with van der Waals surface area (Å²) in [5.41, 5.74) is 5.16. The average molecular weight is 399 g/mol. The third-order valence-electron chi connectivity index (χ3n) is 5.35. The third-order valence-corrected chi connectivity index (χ3v) is 5.35. The molecule has 0 aliphatic carbocycles. The normalized spacial score (nSPS) is 13.5. The molecular weight excluding hydrogens is 378 g/mol. The molecule has 2 aromatic carbocycles. The Kier molecular flexibility index (Phi) is 5.11. The molecule has 2 heterocycles. The van der Waals surface area contributed by atoms with Gasteiger partial charge in [0, 0.05) is 23.0 Å². The van der Waals surface area contributed by atoms with Crippen LogP contribution < -0.4 is 14.4 Å². The summed E-state index contributed by atoms with van der Waals surface area (Å²) in [5, 5.41) is 9.20. The number of methoxy groups -OCH3 is 2. The molecule has 4 rings (SSSR count). The summed E-state index contributed by atoms with van der Waals surface area (Å²) in [6, 6.07) is 17.5. The second kappa shape index (κ2) is 7.88. The van der Waals surface area contributed by atoms with Crippen molar-refractivity contribution >= 4 is 11.6 Å². The molecule has 0 bridgehead atoms. The van der Waals surface area contributed by atoms with Gasteiger partial charge in [-0.3, -0.25) is 4.79 Å². The highest BCUT2D eigenvalue weighted by atomic mass is 16.5. The number of anilines is 1. The number of rotatable bonds is 5. The Bertz CT molecular complexity index is 1170. The lowest BCUT2D eigenvalue weighted by Gasteiger charge is -2.17. The molecule has 6 heteroatoms. The molecular formula is C24H21N3O3. The lowest BCUT2D eigenvalue weighted by molar-refractivity contribution is 0.0996. The minimum atomic E-state index is -0.228. The van der Waals surface area contributed by atoms with Gasteiger partial charge >= 0.3 is 0 Å². The molecule has 1 aromatic heterocycles. The maximum Gasteiger partial charge on any atom is 0.258 e. The first kappa shape index (κ1) is 19.5. The highest BCUT2D eigenvalue weighted by molar-refractivity contribution is 6.10. The molecule has 1 unspecified atom stereocenters. The Balaban J connectivity index is 1.66. The summed E-state index contributed by atoms with van der Waals surface area (Å²) in [6.07, 6.45) is 1.73. The Hall–Kier alpha value is -3.85. The first-order valence-corrected chi connectivity index (χ1v) is 9.58. The van der Waals surface area contributed by atoms with E-state index in [1.165, 1.54) is 0 Å². The zero-order valence-electron chi connectivity index (χ0n) is 17.0. The molecule has 0 saturated carbocycles. The fourth-order valence-corrected chi connectivity index (χ4v) is 3.63. The molecule has 0 fully saturated rings. The number of carbonyl (C=O) groups excluding carboxylic acids is 1. The van der Waals surface area contributed by atoms with Gasteiger partial charge in [-0.25, -0.2) is 4.98 Å². The topological polar surface area (TPSA) is 75.5 Å². The zero-order chi connectivity index (χ0) is 21.3. The number of ether oxygens (including phenoxy) is 2. The van der Waals surface area contributed by atoms with Crippen LogP contribution in [0.3, 0.4) is 0 Å². The third kappa shape index (κ3) is 3.35. The molecule has 1 aliphatic heterocycles. The summed E-state index contributed by atoms with van der Waals surface area (Å²) in [5.74, 6) is 0.713. The van der Waals surface area contributed by atoms with Crippen LogP contribution >= 0.6 is 0 Å². The van der Waals surface area contributed by atoms with Gasteiger partial charge in [0.05, 0.1) is 32.8 Å². The molecule has 0 saturated heterocycles. The Morgan fingerprint density at radius 3 is 2.67 bits per heavy atom. The molecule has 1 aliphatic rings. The fourth-order valence-electron chi connectivity index (χ4n) is 3.63. The average Bonchev–Trinajstić information content (AvgIpc) is 3.13. The molecule has 1 amide bonds. The number of nitrogens with zero attached hydrogens (tertiary/aromatic N) is 3. The van der Waals surface area contributed by atoms with Crippen molar-refractivity contribution < 1.29 is 14.3 Å². The molecule has 0 N–H and O–H groups in total. The van der Waals surface area contributed by atoms with Crippen molar-refractivity contribution in [1.29, 1.82) is 5.26 Å². The standard InChI is InChI=1S/C24H21N3O3/c1-15(12-25)16-5-4-6-20(10-16)27-14-19-9-17(7-8-21(19)24(27)28)18-11-22(29-2)23(30-3)26-13-18/h4-11,13,15H,14H2,1-3H3. The summed E-state index contributed by atoms with van der Waals surface area (Å²) in [4.78, 5) is 19.0. The summed E-state index contributed by atoms with van der Waals surface area (Å²) in [7, 11) is 3.12. The van der Waals surface area contributed by atoms with Gasteiger partial charge in [0.1, 0.15) is 0 Å². The summed E-state index contributed by atoms with van der Waals surface area (Å²) < 4.78 is 10.6. The molecule has 0 radical (unpaired) electrons. The minimum absolute atomic E-state index is 0.0382. The largest absolute Gasteiger partial charge is 0.491 e. The Morgan fingerprint density at radius 1 is 1.10 bits per heavy atom. The van der Waals surface area contributed by atoms with E-state index in [2.05, 4.69) is 11.1 Å². The number of fused-ring (bicyclic) bond motifs is 1. The molecule has 150 valence electrons. The first-order valence-electron chi connectivity index (χ1n) is 9.58. The van der Waals surface area contributed by atoms with Crippen molar-refractivity contribution in [3.05, 3.63) is 71.4 Å². The van der Waals surface area contributed by atoms with E-state index in [4.69, 9.17) is 9.47 Å². The second-order valence-corrected chi connectivity index (χ2v) is 7.14. The number of pyridine rings is 1. The molecule has 1 atom stereocenters. The first-order chi connectivity index (χ1) is 14.5. The zero-order valence-corrected chi connectivity index (χ0v) is 17.0. The predicted molar refractivity (Wildman–Crippen MR) is 114 cm³/mol. The lowest BCUT2D eigenvalue weighted by atomic mass is 10.0. The van der Waals surface area contributed by atoms with Crippen molar-refractivity contribution in [2.75, 3.05) is 19.1 Å². The number of benzene rings is 2. The number of hydrogen-bond acceptors (Lipinski definition) is 5. The second-order valence-electron chi connectivity index (χ2n) is 7.14. The van der Waals surface area contributed by atoms with Gasteiger partial charge in [0.15, 0.2) is 5.75 Å². The van der Waals surface area contributed by atoms with Gasteiger partial charge in [-0.15, -0.1) is 0 Å². The molecule has 3 aromatic rings. The number of hydrogen-bond donors (Lipinski definition) is 0. The number of carbonyl (C=O) groups is 1. The summed E-state index contributed by atoms with van der Waals surface area (Å²) >= 11 is 0. The van der Waals surface area contributed by atoms with Crippen LogP contribution in [0.1, 0.15) is 34.3 Å². The van der Waals surface area contributed by atoms with Gasteiger partial charge in [-0.1, -0.05) is 18.2 Å². The van der Waals surface area contributed by atoms with E-state index in [0.29, 0.717) is 23.7 Å². The maximum atomic E-state index is 13.0. The van der Waals surface area contributed by atoms with Crippen LogP contribution in [0.2, 0.25) is 0 Å². The van der Waals surface area contributed by atoms with Crippen molar-refractivity contribution in [3.63, 3.8) is 0 Å². The highest BCUT2D eigenvalue weighted by Crippen LogP contribution is 2.34. The molecule has 6 nitrogen and oxygen atoms in total. The van der Waals surface area contributed by atoms with Crippen molar-refractivity contribution in [3.8, 4) is 28.8 Å². The van der Waals surface area contributed by atoms with E-state index < -0.39 is 0 Å². The number of aromatic nitrogens is 1. The van der Waals surface area contributed by atoms with E-state index in [9.17, 15) is 10.1 Å². The van der Waals surface area contributed by atoms with E-state index in [1.807, 2.05) is 55.5 Å².